The molecule has 2 N–H and O–H groups in total. The Morgan fingerprint density at radius 2 is 1.58 bits per heavy atom. The van der Waals surface area contributed by atoms with E-state index in [-0.39, 0.29) is 25.6 Å². The van der Waals surface area contributed by atoms with Crippen LogP contribution in [0.4, 0.5) is 13.6 Å². The lowest BCUT2D eigenvalue weighted by Gasteiger charge is -2.25. The summed E-state index contributed by atoms with van der Waals surface area (Å²) in [7, 11) is 0. The van der Waals surface area contributed by atoms with Gasteiger partial charge in [-0.05, 0) is 22.3 Å². The van der Waals surface area contributed by atoms with Crippen molar-refractivity contribution in [1.29, 1.82) is 0 Å². The number of fused-ring (bicyclic) bond motifs is 4. The van der Waals surface area contributed by atoms with Crippen LogP contribution in [0.25, 0.3) is 11.1 Å². The molecule has 0 bridgehead atoms. The van der Waals surface area contributed by atoms with Crippen LogP contribution in [0.3, 0.4) is 0 Å². The molecular formula is C24H22F2N2O5. The number of hydrogen-bond donors (Lipinski definition) is 2. The van der Waals surface area contributed by atoms with E-state index in [1.165, 1.54) is 4.90 Å². The quantitative estimate of drug-likeness (QED) is 0.697. The number of halogens is 2. The molecule has 5 rings (SSSR count). The molecule has 1 saturated carbocycles. The number of ether oxygens (including phenoxy) is 1. The van der Waals surface area contributed by atoms with Gasteiger partial charge in [0.05, 0.1) is 18.3 Å². The first-order valence-electron chi connectivity index (χ1n) is 10.8. The summed E-state index contributed by atoms with van der Waals surface area (Å²) in [4.78, 5) is 37.7. The highest BCUT2D eigenvalue weighted by Crippen LogP contribution is 2.59. The Hall–Kier alpha value is -3.49. The highest BCUT2D eigenvalue weighted by atomic mass is 19.3. The number of alkyl carbamates (subject to hydrolysis) is 1. The lowest BCUT2D eigenvalue weighted by Crippen LogP contribution is -2.50. The first-order valence-corrected chi connectivity index (χ1v) is 10.8. The third-order valence-electron chi connectivity index (χ3n) is 6.82. The molecule has 1 saturated heterocycles. The summed E-state index contributed by atoms with van der Waals surface area (Å²) in [5.41, 5.74) is 4.15. The molecule has 2 aromatic rings. The van der Waals surface area contributed by atoms with Crippen LogP contribution >= 0.6 is 0 Å². The summed E-state index contributed by atoms with van der Waals surface area (Å²) in [5.74, 6) is -6.71. The Bertz CT molecular complexity index is 1080. The van der Waals surface area contributed by atoms with Crippen LogP contribution in [-0.2, 0) is 14.3 Å². The van der Waals surface area contributed by atoms with Crippen molar-refractivity contribution < 1.29 is 33.0 Å². The lowest BCUT2D eigenvalue weighted by atomic mass is 9.98. The van der Waals surface area contributed by atoms with E-state index in [1.54, 1.807) is 0 Å². The molecule has 2 aromatic carbocycles. The summed E-state index contributed by atoms with van der Waals surface area (Å²) in [6.07, 6.45) is -1.59. The number of amides is 2. The van der Waals surface area contributed by atoms with Gasteiger partial charge in [0.15, 0.2) is 0 Å². The number of alkyl halides is 2. The van der Waals surface area contributed by atoms with E-state index >= 15 is 0 Å². The number of piperidine rings is 1. The van der Waals surface area contributed by atoms with Gasteiger partial charge < -0.3 is 20.1 Å². The van der Waals surface area contributed by atoms with Crippen molar-refractivity contribution in [3.8, 4) is 11.1 Å². The van der Waals surface area contributed by atoms with Crippen LogP contribution in [-0.4, -0.2) is 59.6 Å². The van der Waals surface area contributed by atoms with Gasteiger partial charge in [-0.1, -0.05) is 48.5 Å². The zero-order valence-corrected chi connectivity index (χ0v) is 17.5. The molecule has 1 aliphatic heterocycles. The molecule has 1 heterocycles. The van der Waals surface area contributed by atoms with Crippen molar-refractivity contribution in [2.45, 2.75) is 24.3 Å². The zero-order chi connectivity index (χ0) is 23.3. The predicted octanol–water partition coefficient (Wildman–Crippen LogP) is 3.09. The Morgan fingerprint density at radius 3 is 2.12 bits per heavy atom. The minimum Gasteiger partial charge on any atom is -0.481 e. The van der Waals surface area contributed by atoms with E-state index in [0.717, 1.165) is 22.3 Å². The fraction of sp³-hybridized carbons (Fsp3) is 0.375. The monoisotopic (exact) mass is 456 g/mol. The average Bonchev–Trinajstić information content (AvgIpc) is 3.16. The molecule has 2 amide bonds. The third-order valence-corrected chi connectivity index (χ3v) is 6.82. The van der Waals surface area contributed by atoms with Gasteiger partial charge in [-0.2, -0.15) is 0 Å². The van der Waals surface area contributed by atoms with Crippen molar-refractivity contribution >= 4 is 18.0 Å². The van der Waals surface area contributed by atoms with Gasteiger partial charge >= 0.3 is 12.1 Å². The first kappa shape index (κ1) is 21.4. The van der Waals surface area contributed by atoms with E-state index in [9.17, 15) is 28.3 Å². The van der Waals surface area contributed by atoms with E-state index < -0.39 is 48.2 Å². The van der Waals surface area contributed by atoms with Gasteiger partial charge in [0.25, 0.3) is 5.92 Å². The summed E-state index contributed by atoms with van der Waals surface area (Å²) in [6, 6.07) is 14.2. The minimum absolute atomic E-state index is 0.00786. The summed E-state index contributed by atoms with van der Waals surface area (Å²) >= 11 is 0. The highest BCUT2D eigenvalue weighted by Gasteiger charge is 2.72. The Balaban J connectivity index is 1.24. The Kier molecular flexibility index (Phi) is 5.07. The molecular weight excluding hydrogens is 434 g/mol. The second-order valence-corrected chi connectivity index (χ2v) is 8.75. The topological polar surface area (TPSA) is 95.9 Å². The number of benzene rings is 2. The van der Waals surface area contributed by atoms with Gasteiger partial charge in [0.2, 0.25) is 5.91 Å². The van der Waals surface area contributed by atoms with Crippen LogP contribution in [0.2, 0.25) is 0 Å². The number of nitrogens with zero attached hydrogens (tertiary/aromatic N) is 1. The second-order valence-electron chi connectivity index (χ2n) is 8.75. The number of carbonyl (C=O) groups excluding carboxylic acids is 2. The van der Waals surface area contributed by atoms with E-state index in [4.69, 9.17) is 4.74 Å². The molecule has 0 aromatic heterocycles. The highest BCUT2D eigenvalue weighted by molar-refractivity contribution is 5.89. The fourth-order valence-electron chi connectivity index (χ4n) is 5.07. The maximum atomic E-state index is 13.4. The van der Waals surface area contributed by atoms with Crippen LogP contribution in [0.1, 0.15) is 23.5 Å². The third kappa shape index (κ3) is 3.71. The zero-order valence-electron chi connectivity index (χ0n) is 17.5. The van der Waals surface area contributed by atoms with Crippen molar-refractivity contribution in [1.82, 2.24) is 10.2 Å². The SMILES string of the molecule is O=C(O)CC(NC(=O)OCC1c2ccccc2-c2ccccc21)C(=O)N1CC2C(C1)C2(F)F. The molecule has 3 atom stereocenters. The predicted molar refractivity (Wildman–Crippen MR) is 113 cm³/mol. The smallest absolute Gasteiger partial charge is 0.407 e. The van der Waals surface area contributed by atoms with Crippen molar-refractivity contribution in [3.63, 3.8) is 0 Å². The fourth-order valence-corrected chi connectivity index (χ4v) is 5.07. The van der Waals surface area contributed by atoms with Crippen LogP contribution in [0.5, 0.6) is 0 Å². The molecule has 9 heteroatoms. The van der Waals surface area contributed by atoms with Gasteiger partial charge in [-0.25, -0.2) is 13.6 Å². The number of aliphatic carboxylic acids is 1. The van der Waals surface area contributed by atoms with E-state index in [1.807, 2.05) is 48.5 Å². The molecule has 2 aliphatic carbocycles. The van der Waals surface area contributed by atoms with E-state index in [0.29, 0.717) is 0 Å². The molecule has 0 spiro atoms. The summed E-state index contributed by atoms with van der Waals surface area (Å²) in [6.45, 7) is -0.272. The number of nitrogens with one attached hydrogen (secondary N) is 1. The Labute approximate surface area is 188 Å². The van der Waals surface area contributed by atoms with E-state index in [2.05, 4.69) is 5.32 Å². The Morgan fingerprint density at radius 1 is 1.03 bits per heavy atom. The van der Waals surface area contributed by atoms with Crippen LogP contribution in [0.15, 0.2) is 48.5 Å². The molecule has 0 radical (unpaired) electrons. The van der Waals surface area contributed by atoms with Gasteiger partial charge in [0, 0.05) is 19.0 Å². The number of rotatable bonds is 6. The molecule has 172 valence electrons. The molecule has 2 fully saturated rings. The van der Waals surface area contributed by atoms with Crippen LogP contribution < -0.4 is 5.32 Å². The average molecular weight is 456 g/mol. The molecule has 3 aliphatic rings. The van der Waals surface area contributed by atoms with Crippen molar-refractivity contribution in [3.05, 3.63) is 59.7 Å². The maximum absolute atomic E-state index is 13.4. The van der Waals surface area contributed by atoms with Crippen molar-refractivity contribution in [2.75, 3.05) is 19.7 Å². The second kappa shape index (κ2) is 7.83. The van der Waals surface area contributed by atoms with Gasteiger partial charge in [0.1, 0.15) is 12.6 Å². The number of carboxylic acid groups (broad SMARTS) is 1. The summed E-state index contributed by atoms with van der Waals surface area (Å²) < 4.78 is 32.3. The number of carboxylic acids is 1. The van der Waals surface area contributed by atoms with Gasteiger partial charge in [-0.3, -0.25) is 9.59 Å². The molecule has 33 heavy (non-hydrogen) atoms. The number of hydrogen-bond acceptors (Lipinski definition) is 4. The minimum atomic E-state index is -2.76. The maximum Gasteiger partial charge on any atom is 0.407 e. The lowest BCUT2D eigenvalue weighted by molar-refractivity contribution is -0.142. The number of likely N-dealkylation sites (tertiary alicyclic amines) is 1. The van der Waals surface area contributed by atoms with Crippen molar-refractivity contribution in [2.24, 2.45) is 11.8 Å². The number of carbonyl (C=O) groups is 3. The first-order chi connectivity index (χ1) is 15.8. The molecule has 7 nitrogen and oxygen atoms in total. The standard InChI is InChI=1S/C24H22F2N2O5/c25-24(26)18-10-28(11-19(18)24)22(31)20(9-21(29)30)27-23(32)33-12-17-15-7-3-1-5-13(15)14-6-2-4-8-16(14)17/h1-8,17-20H,9-12H2,(H,27,32)(H,29,30). The van der Waals surface area contributed by atoms with Crippen LogP contribution in [0, 0.1) is 11.8 Å². The largest absolute Gasteiger partial charge is 0.481 e. The van der Waals surface area contributed by atoms with Gasteiger partial charge in [-0.15, -0.1) is 0 Å². The normalized spacial score (nSPS) is 22.7. The molecule has 3 unspecified atom stereocenters. The summed E-state index contributed by atoms with van der Waals surface area (Å²) in [5, 5.41) is 11.5.